The zero-order valence-corrected chi connectivity index (χ0v) is 16.4. The molecule has 6 heteroatoms. The maximum Gasteiger partial charge on any atom is 0.241 e. The Morgan fingerprint density at radius 1 is 1.15 bits per heavy atom. The molecule has 1 aromatic carbocycles. The van der Waals surface area contributed by atoms with Gasteiger partial charge in [-0.25, -0.2) is 0 Å². The fourth-order valence-corrected chi connectivity index (χ4v) is 4.03. The Kier molecular flexibility index (Phi) is 6.20. The second kappa shape index (κ2) is 8.40. The monoisotopic (exact) mass is 377 g/mol. The normalized spacial score (nSPS) is 20.2. The Hall–Kier alpha value is -1.59. The molecular weight excluding hydrogens is 350 g/mol. The average molecular weight is 378 g/mol. The second-order valence-corrected chi connectivity index (χ2v) is 7.90. The van der Waals surface area contributed by atoms with Crippen LogP contribution in [0, 0.1) is 12.8 Å². The van der Waals surface area contributed by atoms with Crippen LogP contribution in [0.25, 0.3) is 0 Å². The summed E-state index contributed by atoms with van der Waals surface area (Å²) in [7, 11) is 0. The number of carbonyl (C=O) groups excluding carboxylic acids is 2. The fourth-order valence-electron chi connectivity index (χ4n) is 3.86. The number of nitrogens with zero attached hydrogens (tertiary/aromatic N) is 2. The summed E-state index contributed by atoms with van der Waals surface area (Å²) < 4.78 is 0. The third-order valence-corrected chi connectivity index (χ3v) is 5.92. The van der Waals surface area contributed by atoms with Gasteiger partial charge in [0.05, 0.1) is 6.04 Å². The second-order valence-electron chi connectivity index (χ2n) is 7.47. The summed E-state index contributed by atoms with van der Waals surface area (Å²) in [5, 5.41) is 3.60. The number of rotatable bonds is 4. The molecule has 1 atom stereocenters. The first-order chi connectivity index (χ1) is 12.5. The lowest BCUT2D eigenvalue weighted by Gasteiger charge is -2.36. The molecule has 142 valence electrons. The Labute approximate surface area is 160 Å². The SMILES string of the molecule is Cc1ccc(Cl)cc1NC(=O)C(C)N1CCC(C(=O)N2CCCC2)CC1. The van der Waals surface area contributed by atoms with Gasteiger partial charge in [0, 0.05) is 29.7 Å². The van der Waals surface area contributed by atoms with Crippen molar-refractivity contribution in [2.45, 2.75) is 45.6 Å². The van der Waals surface area contributed by atoms with Crippen LogP contribution in [0.4, 0.5) is 5.69 Å². The first-order valence-corrected chi connectivity index (χ1v) is 9.93. The van der Waals surface area contributed by atoms with Crippen LogP contribution in [-0.2, 0) is 9.59 Å². The minimum absolute atomic E-state index is 0.0281. The van der Waals surface area contributed by atoms with Gasteiger partial charge < -0.3 is 10.2 Å². The summed E-state index contributed by atoms with van der Waals surface area (Å²) in [6, 6.07) is 5.27. The van der Waals surface area contributed by atoms with Crippen LogP contribution < -0.4 is 5.32 Å². The highest BCUT2D eigenvalue weighted by atomic mass is 35.5. The van der Waals surface area contributed by atoms with E-state index in [-0.39, 0.29) is 17.9 Å². The van der Waals surface area contributed by atoms with Crippen LogP contribution in [0.15, 0.2) is 18.2 Å². The van der Waals surface area contributed by atoms with Crippen molar-refractivity contribution in [2.75, 3.05) is 31.5 Å². The van der Waals surface area contributed by atoms with E-state index in [2.05, 4.69) is 10.2 Å². The van der Waals surface area contributed by atoms with Gasteiger partial charge in [-0.1, -0.05) is 17.7 Å². The number of hydrogen-bond acceptors (Lipinski definition) is 3. The van der Waals surface area contributed by atoms with Crippen molar-refractivity contribution in [2.24, 2.45) is 5.92 Å². The van der Waals surface area contributed by atoms with E-state index >= 15 is 0 Å². The molecule has 26 heavy (non-hydrogen) atoms. The maximum atomic E-state index is 12.6. The number of benzene rings is 1. The zero-order chi connectivity index (χ0) is 18.7. The van der Waals surface area contributed by atoms with E-state index in [4.69, 9.17) is 11.6 Å². The number of anilines is 1. The Balaban J connectivity index is 1.52. The molecule has 0 aliphatic carbocycles. The van der Waals surface area contributed by atoms with Crippen molar-refractivity contribution in [3.05, 3.63) is 28.8 Å². The van der Waals surface area contributed by atoms with Crippen LogP contribution >= 0.6 is 11.6 Å². The molecule has 0 bridgehead atoms. The first kappa shape index (κ1) is 19.2. The lowest BCUT2D eigenvalue weighted by Crippen LogP contribution is -2.48. The number of aryl methyl sites for hydroxylation is 1. The summed E-state index contributed by atoms with van der Waals surface area (Å²) in [6.45, 7) is 7.28. The van der Waals surface area contributed by atoms with Crippen LogP contribution in [0.1, 0.15) is 38.2 Å². The zero-order valence-electron chi connectivity index (χ0n) is 15.6. The number of nitrogens with one attached hydrogen (secondary N) is 1. The third kappa shape index (κ3) is 4.38. The quantitative estimate of drug-likeness (QED) is 0.875. The lowest BCUT2D eigenvalue weighted by atomic mass is 9.94. The average Bonchev–Trinajstić information content (AvgIpc) is 3.18. The Morgan fingerprint density at radius 2 is 1.81 bits per heavy atom. The number of carbonyl (C=O) groups is 2. The molecule has 0 spiro atoms. The lowest BCUT2D eigenvalue weighted by molar-refractivity contribution is -0.136. The summed E-state index contributed by atoms with van der Waals surface area (Å²) in [6.07, 6.45) is 3.93. The summed E-state index contributed by atoms with van der Waals surface area (Å²) >= 11 is 6.03. The van der Waals surface area contributed by atoms with Gasteiger partial charge in [0.1, 0.15) is 0 Å². The molecule has 2 saturated heterocycles. The molecule has 3 rings (SSSR count). The molecule has 1 N–H and O–H groups in total. The van der Waals surface area contributed by atoms with Gasteiger partial charge in [-0.3, -0.25) is 14.5 Å². The molecule has 0 radical (unpaired) electrons. The van der Waals surface area contributed by atoms with Crippen molar-refractivity contribution in [3.63, 3.8) is 0 Å². The predicted octanol–water partition coefficient (Wildman–Crippen LogP) is 3.31. The van der Waals surface area contributed by atoms with Crippen LogP contribution in [-0.4, -0.2) is 53.8 Å². The van der Waals surface area contributed by atoms with Crippen molar-refractivity contribution in [1.29, 1.82) is 0 Å². The van der Waals surface area contributed by atoms with Gasteiger partial charge in [-0.05, 0) is 70.3 Å². The van der Waals surface area contributed by atoms with Crippen molar-refractivity contribution < 1.29 is 9.59 Å². The number of likely N-dealkylation sites (tertiary alicyclic amines) is 2. The molecule has 2 amide bonds. The first-order valence-electron chi connectivity index (χ1n) is 9.55. The van der Waals surface area contributed by atoms with Crippen molar-refractivity contribution in [1.82, 2.24) is 9.80 Å². The minimum atomic E-state index is -0.226. The fraction of sp³-hybridized carbons (Fsp3) is 0.600. The van der Waals surface area contributed by atoms with E-state index in [1.165, 1.54) is 0 Å². The highest BCUT2D eigenvalue weighted by Crippen LogP contribution is 2.24. The van der Waals surface area contributed by atoms with Crippen molar-refractivity contribution in [3.8, 4) is 0 Å². The molecule has 2 aliphatic rings. The molecular formula is C20H28ClN3O2. The van der Waals surface area contributed by atoms with Gasteiger partial charge in [0.25, 0.3) is 0 Å². The molecule has 2 aliphatic heterocycles. The van der Waals surface area contributed by atoms with Crippen molar-refractivity contribution >= 4 is 29.1 Å². The molecule has 0 saturated carbocycles. The van der Waals surface area contributed by atoms with E-state index in [1.807, 2.05) is 30.9 Å². The molecule has 1 unspecified atom stereocenters. The highest BCUT2D eigenvalue weighted by Gasteiger charge is 2.32. The van der Waals surface area contributed by atoms with Gasteiger partial charge in [-0.2, -0.15) is 0 Å². The van der Waals surface area contributed by atoms with Gasteiger partial charge >= 0.3 is 0 Å². The minimum Gasteiger partial charge on any atom is -0.342 e. The van der Waals surface area contributed by atoms with Gasteiger partial charge in [-0.15, -0.1) is 0 Å². The van der Waals surface area contributed by atoms with Gasteiger partial charge in [0.15, 0.2) is 0 Å². The summed E-state index contributed by atoms with van der Waals surface area (Å²) in [4.78, 5) is 29.3. The van der Waals surface area contributed by atoms with E-state index in [0.29, 0.717) is 10.9 Å². The van der Waals surface area contributed by atoms with Gasteiger partial charge in [0.2, 0.25) is 11.8 Å². The number of piperidine rings is 1. The number of halogens is 1. The van der Waals surface area contributed by atoms with E-state index in [1.54, 1.807) is 6.07 Å². The molecule has 0 aromatic heterocycles. The molecule has 1 aromatic rings. The molecule has 5 nitrogen and oxygen atoms in total. The topological polar surface area (TPSA) is 52.7 Å². The number of hydrogen-bond donors (Lipinski definition) is 1. The summed E-state index contributed by atoms with van der Waals surface area (Å²) in [5.41, 5.74) is 1.75. The number of amides is 2. The highest BCUT2D eigenvalue weighted by molar-refractivity contribution is 6.31. The molecule has 2 heterocycles. The Bertz CT molecular complexity index is 665. The predicted molar refractivity (Wildman–Crippen MR) is 104 cm³/mol. The van der Waals surface area contributed by atoms with E-state index in [0.717, 1.165) is 63.1 Å². The Morgan fingerprint density at radius 3 is 2.46 bits per heavy atom. The summed E-state index contributed by atoms with van der Waals surface area (Å²) in [5.74, 6) is 0.406. The molecule has 2 fully saturated rings. The third-order valence-electron chi connectivity index (χ3n) is 5.68. The maximum absolute atomic E-state index is 12.6. The van der Waals surface area contributed by atoms with Crippen LogP contribution in [0.2, 0.25) is 5.02 Å². The largest absolute Gasteiger partial charge is 0.342 e. The van der Waals surface area contributed by atoms with E-state index in [9.17, 15) is 9.59 Å². The van der Waals surface area contributed by atoms with E-state index < -0.39 is 0 Å². The van der Waals surface area contributed by atoms with Crippen LogP contribution in [0.5, 0.6) is 0 Å². The smallest absolute Gasteiger partial charge is 0.241 e. The van der Waals surface area contributed by atoms with Crippen LogP contribution in [0.3, 0.4) is 0 Å². The standard InChI is InChI=1S/C20H28ClN3O2/c1-14-5-6-17(21)13-18(14)22-19(25)15(2)23-11-7-16(8-12-23)20(26)24-9-3-4-10-24/h5-6,13,15-16H,3-4,7-12H2,1-2H3,(H,22,25).